The highest BCUT2D eigenvalue weighted by atomic mass is 32.2. The van der Waals surface area contributed by atoms with Gasteiger partial charge in [0.1, 0.15) is 5.94 Å². The Morgan fingerprint density at radius 2 is 2.06 bits per heavy atom. The topological polar surface area (TPSA) is 110 Å². The number of hydrogen-bond donors (Lipinski definition) is 1. The van der Waals surface area contributed by atoms with Crippen molar-refractivity contribution < 1.29 is 18.4 Å². The molecular formula is C10H8N2O5S. The molecule has 0 aliphatic rings. The number of aliphatic hydroxyl groups excluding tert-OH is 1. The molecule has 0 bridgehead atoms. The van der Waals surface area contributed by atoms with Crippen LogP contribution in [0.3, 0.4) is 0 Å². The molecule has 2 rings (SSSR count). The van der Waals surface area contributed by atoms with Crippen LogP contribution in [0.15, 0.2) is 35.4 Å². The number of fused-ring (bicyclic) bond motifs is 1. The van der Waals surface area contributed by atoms with Crippen LogP contribution in [0.1, 0.15) is 0 Å². The van der Waals surface area contributed by atoms with E-state index in [1.54, 1.807) is 0 Å². The molecule has 2 aromatic rings. The third-order valence-electron chi connectivity index (χ3n) is 2.41. The molecule has 0 radical (unpaired) electrons. The van der Waals surface area contributed by atoms with Crippen LogP contribution in [-0.2, 0) is 9.84 Å². The number of nitro benzene ring substituents is 1. The molecule has 8 heteroatoms. The molecule has 0 spiro atoms. The van der Waals surface area contributed by atoms with Crippen molar-refractivity contribution in [2.45, 2.75) is 4.90 Å². The van der Waals surface area contributed by atoms with Crippen molar-refractivity contribution >= 4 is 26.4 Å². The quantitative estimate of drug-likeness (QED) is 0.653. The average molecular weight is 268 g/mol. The van der Waals surface area contributed by atoms with Gasteiger partial charge in [-0.15, -0.1) is 0 Å². The van der Waals surface area contributed by atoms with Crippen molar-refractivity contribution in [2.75, 3.05) is 5.94 Å². The molecule has 0 amide bonds. The number of aliphatic hydroxyl groups is 1. The maximum atomic E-state index is 11.6. The summed E-state index contributed by atoms with van der Waals surface area (Å²) in [4.78, 5) is 13.8. The zero-order valence-corrected chi connectivity index (χ0v) is 9.79. The molecule has 1 aromatic heterocycles. The highest BCUT2D eigenvalue weighted by Crippen LogP contribution is 2.29. The SMILES string of the molecule is O=[N+]([O-])c1ccc(S(=O)(=O)CO)c2ncccc12. The summed E-state index contributed by atoms with van der Waals surface area (Å²) in [5.41, 5.74) is -0.240. The molecule has 1 aromatic carbocycles. The van der Waals surface area contributed by atoms with Gasteiger partial charge < -0.3 is 5.11 Å². The number of pyridine rings is 1. The molecule has 0 atom stereocenters. The number of nitro groups is 1. The fraction of sp³-hybridized carbons (Fsp3) is 0.100. The summed E-state index contributed by atoms with van der Waals surface area (Å²) in [6, 6.07) is 5.06. The summed E-state index contributed by atoms with van der Waals surface area (Å²) in [5, 5.41) is 19.8. The molecule has 0 aliphatic carbocycles. The Kier molecular flexibility index (Phi) is 2.97. The molecule has 94 valence electrons. The Bertz CT molecular complexity index is 726. The molecule has 0 unspecified atom stereocenters. The highest BCUT2D eigenvalue weighted by molar-refractivity contribution is 7.91. The van der Waals surface area contributed by atoms with E-state index in [-0.39, 0.29) is 21.5 Å². The molecule has 18 heavy (non-hydrogen) atoms. The van der Waals surface area contributed by atoms with Crippen LogP contribution < -0.4 is 0 Å². The van der Waals surface area contributed by atoms with Gasteiger partial charge >= 0.3 is 0 Å². The van der Waals surface area contributed by atoms with Crippen molar-refractivity contribution in [3.05, 3.63) is 40.6 Å². The van der Waals surface area contributed by atoms with E-state index in [0.717, 1.165) is 12.1 Å². The third kappa shape index (κ3) is 1.91. The lowest BCUT2D eigenvalue weighted by Crippen LogP contribution is -2.07. The zero-order chi connectivity index (χ0) is 13.3. The van der Waals surface area contributed by atoms with E-state index in [2.05, 4.69) is 4.98 Å². The van der Waals surface area contributed by atoms with Gasteiger partial charge in [-0.2, -0.15) is 0 Å². The normalized spacial score (nSPS) is 11.6. The molecule has 0 aliphatic heterocycles. The van der Waals surface area contributed by atoms with E-state index < -0.39 is 20.7 Å². The van der Waals surface area contributed by atoms with E-state index >= 15 is 0 Å². The molecule has 7 nitrogen and oxygen atoms in total. The maximum absolute atomic E-state index is 11.6. The summed E-state index contributed by atoms with van der Waals surface area (Å²) in [5.74, 6) is -1.07. The molecule has 1 heterocycles. The van der Waals surface area contributed by atoms with Crippen molar-refractivity contribution in [2.24, 2.45) is 0 Å². The average Bonchev–Trinajstić information content (AvgIpc) is 2.37. The Morgan fingerprint density at radius 1 is 1.33 bits per heavy atom. The van der Waals surface area contributed by atoms with Gasteiger partial charge in [0.2, 0.25) is 9.84 Å². The predicted molar refractivity (Wildman–Crippen MR) is 62.7 cm³/mol. The summed E-state index contributed by atoms with van der Waals surface area (Å²) >= 11 is 0. The van der Waals surface area contributed by atoms with Gasteiger partial charge in [0, 0.05) is 12.3 Å². The lowest BCUT2D eigenvalue weighted by molar-refractivity contribution is -0.383. The van der Waals surface area contributed by atoms with Crippen LogP contribution in [0, 0.1) is 10.1 Å². The first-order valence-electron chi connectivity index (χ1n) is 4.83. The van der Waals surface area contributed by atoms with E-state index in [1.807, 2.05) is 0 Å². The molecule has 0 saturated heterocycles. The maximum Gasteiger partial charge on any atom is 0.278 e. The molecule has 0 saturated carbocycles. The number of hydrogen-bond acceptors (Lipinski definition) is 6. The fourth-order valence-corrected chi connectivity index (χ4v) is 2.48. The minimum absolute atomic E-state index is 0.0132. The minimum Gasteiger partial charge on any atom is -0.380 e. The lowest BCUT2D eigenvalue weighted by Gasteiger charge is -2.05. The van der Waals surface area contributed by atoms with Gasteiger partial charge in [0.05, 0.1) is 20.7 Å². The Hall–Kier alpha value is -2.06. The van der Waals surface area contributed by atoms with Gasteiger partial charge in [-0.05, 0) is 18.2 Å². The second-order valence-electron chi connectivity index (χ2n) is 3.48. The van der Waals surface area contributed by atoms with Gasteiger partial charge in [-0.25, -0.2) is 8.42 Å². The number of sulfone groups is 1. The summed E-state index contributed by atoms with van der Waals surface area (Å²) < 4.78 is 23.3. The summed E-state index contributed by atoms with van der Waals surface area (Å²) in [6.07, 6.45) is 1.34. The van der Waals surface area contributed by atoms with Crippen LogP contribution in [0.5, 0.6) is 0 Å². The lowest BCUT2D eigenvalue weighted by atomic mass is 10.2. The Labute approximate surface area is 102 Å². The number of non-ortho nitro benzene ring substituents is 1. The van der Waals surface area contributed by atoms with Crippen molar-refractivity contribution in [1.29, 1.82) is 0 Å². The van der Waals surface area contributed by atoms with Crippen LogP contribution in [0.4, 0.5) is 5.69 Å². The number of benzene rings is 1. The van der Waals surface area contributed by atoms with E-state index in [9.17, 15) is 18.5 Å². The van der Waals surface area contributed by atoms with Gasteiger partial charge in [0.25, 0.3) is 5.69 Å². The highest BCUT2D eigenvalue weighted by Gasteiger charge is 2.22. The first-order valence-corrected chi connectivity index (χ1v) is 6.48. The van der Waals surface area contributed by atoms with Gasteiger partial charge in [-0.1, -0.05) is 0 Å². The predicted octanol–water partition coefficient (Wildman–Crippen LogP) is 0.866. The van der Waals surface area contributed by atoms with Gasteiger partial charge in [0.15, 0.2) is 0 Å². The van der Waals surface area contributed by atoms with Crippen LogP contribution in [-0.4, -0.2) is 29.4 Å². The smallest absolute Gasteiger partial charge is 0.278 e. The Balaban J connectivity index is 2.89. The van der Waals surface area contributed by atoms with E-state index in [1.165, 1.54) is 18.3 Å². The fourth-order valence-electron chi connectivity index (χ4n) is 1.61. The first kappa shape index (κ1) is 12.4. The Morgan fingerprint density at radius 3 is 2.67 bits per heavy atom. The molecule has 1 N–H and O–H groups in total. The first-order chi connectivity index (χ1) is 8.47. The van der Waals surface area contributed by atoms with Crippen LogP contribution in [0.25, 0.3) is 10.9 Å². The monoisotopic (exact) mass is 268 g/mol. The number of rotatable bonds is 3. The number of nitrogens with zero attached hydrogens (tertiary/aromatic N) is 2. The second kappa shape index (κ2) is 4.31. The van der Waals surface area contributed by atoms with Crippen molar-refractivity contribution in [3.8, 4) is 0 Å². The van der Waals surface area contributed by atoms with Crippen LogP contribution in [0.2, 0.25) is 0 Å². The zero-order valence-electron chi connectivity index (χ0n) is 8.98. The van der Waals surface area contributed by atoms with E-state index in [0.29, 0.717) is 0 Å². The second-order valence-corrected chi connectivity index (χ2v) is 5.41. The van der Waals surface area contributed by atoms with E-state index in [4.69, 9.17) is 5.11 Å². The third-order valence-corrected chi connectivity index (χ3v) is 3.75. The van der Waals surface area contributed by atoms with Crippen molar-refractivity contribution in [3.63, 3.8) is 0 Å². The molecule has 0 fully saturated rings. The summed E-state index contributed by atoms with van der Waals surface area (Å²) in [7, 11) is -3.90. The summed E-state index contributed by atoms with van der Waals surface area (Å²) in [6.45, 7) is 0. The largest absolute Gasteiger partial charge is 0.380 e. The standard InChI is InChI=1S/C10H8N2O5S/c13-6-18(16,17)9-4-3-8(12(14)15)7-2-1-5-11-10(7)9/h1-5,13H,6H2. The minimum atomic E-state index is -3.90. The van der Waals surface area contributed by atoms with Crippen LogP contribution >= 0.6 is 0 Å². The number of aromatic nitrogens is 1. The van der Waals surface area contributed by atoms with Crippen molar-refractivity contribution in [1.82, 2.24) is 4.98 Å². The molecular weight excluding hydrogens is 260 g/mol. The van der Waals surface area contributed by atoms with Gasteiger partial charge in [-0.3, -0.25) is 15.1 Å².